The molecule has 0 amide bonds. The average Bonchev–Trinajstić information content (AvgIpc) is 2.74. The van der Waals surface area contributed by atoms with Gasteiger partial charge in [-0.05, 0) is 25.7 Å². The fraction of sp³-hybridized carbons (Fsp3) is 1.00. The minimum Gasteiger partial charge on any atom is -0.377 e. The topological polar surface area (TPSA) is 98.8 Å². The molecule has 0 aliphatic rings. The number of rotatable bonds is 24. The van der Waals surface area contributed by atoms with Crippen LogP contribution in [0.2, 0.25) is 0 Å². The van der Waals surface area contributed by atoms with E-state index in [2.05, 4.69) is 0 Å². The lowest BCUT2D eigenvalue weighted by Gasteiger charge is -2.19. The zero-order chi connectivity index (χ0) is 23.3. The summed E-state index contributed by atoms with van der Waals surface area (Å²) in [6.07, 6.45) is 6.80. The molecule has 188 valence electrons. The van der Waals surface area contributed by atoms with E-state index in [0.717, 1.165) is 51.4 Å². The van der Waals surface area contributed by atoms with Crippen LogP contribution in [0.25, 0.3) is 0 Å². The molecule has 0 aliphatic heterocycles. The Morgan fingerprint density at radius 2 is 0.677 bits per heavy atom. The number of unbranched alkanes of at least 4 members (excludes halogenated alkanes) is 4. The van der Waals surface area contributed by atoms with Crippen molar-refractivity contribution in [3.05, 3.63) is 0 Å². The molecule has 0 spiro atoms. The number of phosphoric ester groups is 2. The molecule has 0 aromatic heterocycles. The lowest BCUT2D eigenvalue weighted by atomic mass is 10.4. The first-order valence-corrected chi connectivity index (χ1v) is 14.5. The van der Waals surface area contributed by atoms with Gasteiger partial charge in [0.1, 0.15) is 0 Å². The summed E-state index contributed by atoms with van der Waals surface area (Å²) >= 11 is 0. The van der Waals surface area contributed by atoms with E-state index >= 15 is 0 Å². The van der Waals surface area contributed by atoms with Gasteiger partial charge in [0.2, 0.25) is 0 Å². The van der Waals surface area contributed by atoms with Crippen molar-refractivity contribution in [2.24, 2.45) is 0 Å². The minimum atomic E-state index is -3.59. The summed E-state index contributed by atoms with van der Waals surface area (Å²) < 4.78 is 62.7. The summed E-state index contributed by atoms with van der Waals surface area (Å²) in [6.45, 7) is 9.78. The molecular formula is C20H44O9P2. The molecule has 0 saturated carbocycles. The first-order chi connectivity index (χ1) is 14.9. The van der Waals surface area contributed by atoms with Gasteiger partial charge in [0.05, 0.1) is 52.9 Å². The largest absolute Gasteiger partial charge is 0.474 e. The van der Waals surface area contributed by atoms with Crippen molar-refractivity contribution in [3.8, 4) is 0 Å². The molecule has 0 radical (unpaired) electrons. The van der Waals surface area contributed by atoms with Crippen molar-refractivity contribution in [2.45, 2.75) is 79.1 Å². The maximum atomic E-state index is 12.6. The average molecular weight is 491 g/mol. The van der Waals surface area contributed by atoms with Gasteiger partial charge < -0.3 is 4.74 Å². The molecule has 0 aliphatic carbocycles. The van der Waals surface area contributed by atoms with E-state index in [1.165, 1.54) is 0 Å². The van der Waals surface area contributed by atoms with E-state index < -0.39 is 15.6 Å². The maximum Gasteiger partial charge on any atom is 0.474 e. The van der Waals surface area contributed by atoms with Gasteiger partial charge in [-0.3, -0.25) is 27.1 Å². The molecule has 0 bridgehead atoms. The Balaban J connectivity index is 4.21. The smallest absolute Gasteiger partial charge is 0.377 e. The normalized spacial score (nSPS) is 12.5. The Kier molecular flexibility index (Phi) is 20.9. The third kappa shape index (κ3) is 18.3. The molecule has 11 heteroatoms. The first kappa shape index (κ1) is 31.2. The van der Waals surface area contributed by atoms with E-state index in [1.807, 2.05) is 27.7 Å². The Morgan fingerprint density at radius 3 is 0.935 bits per heavy atom. The van der Waals surface area contributed by atoms with Gasteiger partial charge in [-0.25, -0.2) is 9.13 Å². The van der Waals surface area contributed by atoms with E-state index in [9.17, 15) is 9.13 Å². The lowest BCUT2D eigenvalue weighted by molar-refractivity contribution is 0.0402. The molecule has 9 nitrogen and oxygen atoms in total. The molecular weight excluding hydrogens is 446 g/mol. The summed E-state index contributed by atoms with van der Waals surface area (Å²) in [6, 6.07) is 0. The van der Waals surface area contributed by atoms with Gasteiger partial charge in [0.25, 0.3) is 0 Å². The van der Waals surface area contributed by atoms with Crippen LogP contribution in [0.1, 0.15) is 79.1 Å². The quantitative estimate of drug-likeness (QED) is 0.111. The summed E-state index contributed by atoms with van der Waals surface area (Å²) in [4.78, 5) is 0. The van der Waals surface area contributed by atoms with Crippen LogP contribution in [0.4, 0.5) is 0 Å². The van der Waals surface area contributed by atoms with E-state index in [4.69, 9.17) is 31.9 Å². The molecule has 0 unspecified atom stereocenters. The van der Waals surface area contributed by atoms with Crippen molar-refractivity contribution in [1.82, 2.24) is 0 Å². The highest BCUT2D eigenvalue weighted by Crippen LogP contribution is 2.50. The monoisotopic (exact) mass is 490 g/mol. The van der Waals surface area contributed by atoms with Crippen molar-refractivity contribution >= 4 is 15.6 Å². The van der Waals surface area contributed by atoms with Crippen LogP contribution >= 0.6 is 15.6 Å². The van der Waals surface area contributed by atoms with Crippen molar-refractivity contribution in [1.29, 1.82) is 0 Å². The number of phosphoric acid groups is 2. The zero-order valence-corrected chi connectivity index (χ0v) is 21.7. The lowest BCUT2D eigenvalue weighted by Crippen LogP contribution is -2.11. The molecule has 0 aromatic carbocycles. The van der Waals surface area contributed by atoms with Gasteiger partial charge >= 0.3 is 15.6 Å². The third-order valence-electron chi connectivity index (χ3n) is 3.94. The summed E-state index contributed by atoms with van der Waals surface area (Å²) in [5.74, 6) is 0. The van der Waals surface area contributed by atoms with E-state index in [-0.39, 0.29) is 26.4 Å². The fourth-order valence-corrected chi connectivity index (χ4v) is 4.48. The number of hydrogen-bond donors (Lipinski definition) is 0. The second-order valence-electron chi connectivity index (χ2n) is 6.92. The van der Waals surface area contributed by atoms with Crippen LogP contribution in [0, 0.1) is 0 Å². The van der Waals surface area contributed by atoms with Crippen LogP contribution in [-0.4, -0.2) is 52.9 Å². The van der Waals surface area contributed by atoms with Crippen LogP contribution in [0.3, 0.4) is 0 Å². The third-order valence-corrected chi connectivity index (χ3v) is 6.94. The van der Waals surface area contributed by atoms with Crippen molar-refractivity contribution in [3.63, 3.8) is 0 Å². The zero-order valence-electron chi connectivity index (χ0n) is 19.9. The fourth-order valence-electron chi connectivity index (χ4n) is 2.02. The van der Waals surface area contributed by atoms with Gasteiger partial charge in [-0.1, -0.05) is 53.4 Å². The minimum absolute atomic E-state index is 0.0488. The predicted octanol–water partition coefficient (Wildman–Crippen LogP) is 6.52. The van der Waals surface area contributed by atoms with Crippen LogP contribution in [0.5, 0.6) is 0 Å². The van der Waals surface area contributed by atoms with Gasteiger partial charge in [0.15, 0.2) is 0 Å². The standard InChI is InChI=1S/C20H44O9P2/c1-5-9-13-24-30(21,25-14-10-6-2)28-19-17-23-18-20-29-31(22,26-15-11-7-3)27-16-12-8-4/h5-20H2,1-4H3. The van der Waals surface area contributed by atoms with Crippen molar-refractivity contribution in [2.75, 3.05) is 52.9 Å². The molecule has 0 aromatic rings. The van der Waals surface area contributed by atoms with Crippen molar-refractivity contribution < 1.29 is 41.0 Å². The summed E-state index contributed by atoms with van der Waals surface area (Å²) in [7, 11) is -7.18. The Hall–Kier alpha value is 0.180. The highest BCUT2D eigenvalue weighted by Gasteiger charge is 2.27. The second kappa shape index (κ2) is 20.8. The van der Waals surface area contributed by atoms with Crippen LogP contribution in [-0.2, 0) is 41.0 Å². The molecule has 0 atom stereocenters. The Bertz CT molecular complexity index is 421. The Labute approximate surface area is 189 Å². The molecule has 0 saturated heterocycles. The second-order valence-corrected chi connectivity index (χ2v) is 10.3. The highest BCUT2D eigenvalue weighted by molar-refractivity contribution is 7.48. The van der Waals surface area contributed by atoms with E-state index in [0.29, 0.717) is 26.4 Å². The SMILES string of the molecule is CCCCOP(=O)(OCCCC)OCCOCCOP(=O)(OCCCC)OCCCC. The van der Waals surface area contributed by atoms with Crippen LogP contribution < -0.4 is 0 Å². The molecule has 0 fully saturated rings. The number of ether oxygens (including phenoxy) is 1. The maximum absolute atomic E-state index is 12.6. The molecule has 31 heavy (non-hydrogen) atoms. The predicted molar refractivity (Wildman–Crippen MR) is 121 cm³/mol. The molecule has 0 heterocycles. The highest BCUT2D eigenvalue weighted by atomic mass is 31.2. The summed E-state index contributed by atoms with van der Waals surface area (Å²) in [5, 5.41) is 0. The van der Waals surface area contributed by atoms with Gasteiger partial charge in [0, 0.05) is 0 Å². The first-order valence-electron chi connectivity index (χ1n) is 11.6. The van der Waals surface area contributed by atoms with Gasteiger partial charge in [-0.15, -0.1) is 0 Å². The van der Waals surface area contributed by atoms with Crippen LogP contribution in [0.15, 0.2) is 0 Å². The molecule has 0 N–H and O–H groups in total. The van der Waals surface area contributed by atoms with Gasteiger partial charge in [-0.2, -0.15) is 0 Å². The summed E-state index contributed by atoms with van der Waals surface area (Å²) in [5.41, 5.74) is 0. The Morgan fingerprint density at radius 1 is 0.419 bits per heavy atom. The van der Waals surface area contributed by atoms with E-state index in [1.54, 1.807) is 0 Å². The number of hydrogen-bond acceptors (Lipinski definition) is 9. The molecule has 0 rings (SSSR count).